The van der Waals surface area contributed by atoms with E-state index < -0.39 is 0 Å². The molecule has 4 heterocycles. The third-order valence-corrected chi connectivity index (χ3v) is 6.58. The first-order valence-electron chi connectivity index (χ1n) is 10.1. The second-order valence-corrected chi connectivity index (χ2v) is 8.75. The van der Waals surface area contributed by atoms with Gasteiger partial charge in [-0.1, -0.05) is 18.9 Å². The SMILES string of the molecule is O=C(Nc1cnn(Cc2cn3ccccc3n2)c1)c1cccnc1SC1CCCC1. The number of nitrogens with zero attached hydrogens (tertiary/aromatic N) is 5. The molecular formula is C22H22N6OS. The number of anilines is 1. The summed E-state index contributed by atoms with van der Waals surface area (Å²) in [5.74, 6) is -0.157. The summed E-state index contributed by atoms with van der Waals surface area (Å²) >= 11 is 1.72. The third-order valence-electron chi connectivity index (χ3n) is 5.23. The Morgan fingerprint density at radius 3 is 2.93 bits per heavy atom. The standard InChI is InChI=1S/C22H22N6OS/c29-21(19-8-5-10-23-22(19)30-18-6-1-2-7-18)26-16-12-24-28(14-16)15-17-13-27-11-4-3-9-20(27)25-17/h3-5,8-14,18H,1-2,6-7,15H2,(H,26,29). The van der Waals surface area contributed by atoms with Crippen molar-refractivity contribution in [3.63, 3.8) is 0 Å². The summed E-state index contributed by atoms with van der Waals surface area (Å²) in [5, 5.41) is 8.68. The maximum absolute atomic E-state index is 12.9. The summed E-state index contributed by atoms with van der Waals surface area (Å²) in [4.78, 5) is 21.9. The second kappa shape index (κ2) is 8.31. The van der Waals surface area contributed by atoms with Crippen LogP contribution in [-0.4, -0.2) is 35.3 Å². The Morgan fingerprint density at radius 2 is 2.07 bits per heavy atom. The number of amides is 1. The van der Waals surface area contributed by atoms with Crippen LogP contribution in [0.5, 0.6) is 0 Å². The number of imidazole rings is 1. The van der Waals surface area contributed by atoms with Crippen LogP contribution in [0.25, 0.3) is 5.65 Å². The lowest BCUT2D eigenvalue weighted by molar-refractivity contribution is 0.102. The first-order valence-corrected chi connectivity index (χ1v) is 11.0. The number of fused-ring (bicyclic) bond motifs is 1. The lowest BCUT2D eigenvalue weighted by Gasteiger charge is -2.11. The smallest absolute Gasteiger partial charge is 0.258 e. The van der Waals surface area contributed by atoms with E-state index in [1.54, 1.807) is 34.9 Å². The number of thioether (sulfide) groups is 1. The molecule has 1 amide bonds. The van der Waals surface area contributed by atoms with Crippen LogP contribution in [0.1, 0.15) is 41.7 Å². The average Bonchev–Trinajstić information content (AvgIpc) is 3.50. The predicted molar refractivity (Wildman–Crippen MR) is 117 cm³/mol. The maximum Gasteiger partial charge on any atom is 0.258 e. The highest BCUT2D eigenvalue weighted by Gasteiger charge is 2.21. The average molecular weight is 419 g/mol. The summed E-state index contributed by atoms with van der Waals surface area (Å²) in [6.45, 7) is 0.535. The van der Waals surface area contributed by atoms with E-state index >= 15 is 0 Å². The van der Waals surface area contributed by atoms with Gasteiger partial charge in [-0.3, -0.25) is 9.48 Å². The minimum Gasteiger partial charge on any atom is -0.319 e. The Kier molecular flexibility index (Phi) is 5.23. The van der Waals surface area contributed by atoms with Gasteiger partial charge in [0.2, 0.25) is 0 Å². The lowest BCUT2D eigenvalue weighted by Crippen LogP contribution is -2.14. The molecular weight excluding hydrogens is 396 g/mol. The zero-order valence-electron chi connectivity index (χ0n) is 16.4. The van der Waals surface area contributed by atoms with Crippen molar-refractivity contribution in [2.75, 3.05) is 5.32 Å². The molecule has 1 N–H and O–H groups in total. The van der Waals surface area contributed by atoms with Gasteiger partial charge in [0, 0.05) is 30.0 Å². The Labute approximate surface area is 178 Å². The fourth-order valence-corrected chi connectivity index (χ4v) is 5.06. The highest BCUT2D eigenvalue weighted by Crippen LogP contribution is 2.35. The molecule has 1 saturated carbocycles. The van der Waals surface area contributed by atoms with Gasteiger partial charge >= 0.3 is 0 Å². The van der Waals surface area contributed by atoms with Crippen molar-refractivity contribution in [1.29, 1.82) is 0 Å². The minimum absolute atomic E-state index is 0.157. The summed E-state index contributed by atoms with van der Waals surface area (Å²) in [5.41, 5.74) is 3.08. The highest BCUT2D eigenvalue weighted by atomic mass is 32.2. The summed E-state index contributed by atoms with van der Waals surface area (Å²) < 4.78 is 3.75. The van der Waals surface area contributed by atoms with Crippen LogP contribution in [-0.2, 0) is 6.54 Å². The fraction of sp³-hybridized carbons (Fsp3) is 0.273. The topological polar surface area (TPSA) is 77.1 Å². The van der Waals surface area contributed by atoms with Gasteiger partial charge in [0.15, 0.2) is 0 Å². The number of rotatable bonds is 6. The number of hydrogen-bond acceptors (Lipinski definition) is 5. The number of nitrogens with one attached hydrogen (secondary N) is 1. The molecule has 7 nitrogen and oxygen atoms in total. The molecule has 30 heavy (non-hydrogen) atoms. The van der Waals surface area contributed by atoms with Crippen molar-refractivity contribution in [1.82, 2.24) is 24.1 Å². The third kappa shape index (κ3) is 4.09. The van der Waals surface area contributed by atoms with E-state index in [1.807, 2.05) is 47.3 Å². The molecule has 4 aromatic rings. The molecule has 1 aliphatic carbocycles. The van der Waals surface area contributed by atoms with Crippen LogP contribution in [0.3, 0.4) is 0 Å². The van der Waals surface area contributed by atoms with Crippen LogP contribution in [0.2, 0.25) is 0 Å². The molecule has 0 saturated heterocycles. The van der Waals surface area contributed by atoms with Gasteiger partial charge in [0.1, 0.15) is 10.7 Å². The monoisotopic (exact) mass is 418 g/mol. The van der Waals surface area contributed by atoms with Gasteiger partial charge in [-0.15, -0.1) is 11.8 Å². The van der Waals surface area contributed by atoms with Crippen LogP contribution in [0.15, 0.2) is 66.3 Å². The summed E-state index contributed by atoms with van der Waals surface area (Å²) in [6, 6.07) is 9.54. The Bertz CT molecular complexity index is 1140. The lowest BCUT2D eigenvalue weighted by atomic mass is 10.2. The minimum atomic E-state index is -0.157. The Morgan fingerprint density at radius 1 is 1.17 bits per heavy atom. The molecule has 0 unspecified atom stereocenters. The van der Waals surface area contributed by atoms with E-state index in [-0.39, 0.29) is 5.91 Å². The van der Waals surface area contributed by atoms with Crippen molar-refractivity contribution >= 4 is 29.0 Å². The first kappa shape index (κ1) is 18.9. The zero-order chi connectivity index (χ0) is 20.3. The largest absolute Gasteiger partial charge is 0.319 e. The van der Waals surface area contributed by atoms with E-state index in [0.29, 0.717) is 23.0 Å². The Balaban J connectivity index is 1.27. The van der Waals surface area contributed by atoms with E-state index in [4.69, 9.17) is 0 Å². The molecule has 5 rings (SSSR count). The second-order valence-electron chi connectivity index (χ2n) is 7.46. The van der Waals surface area contributed by atoms with Gasteiger partial charge in [-0.25, -0.2) is 9.97 Å². The van der Waals surface area contributed by atoms with Gasteiger partial charge in [0.25, 0.3) is 5.91 Å². The van der Waals surface area contributed by atoms with Gasteiger partial charge in [-0.2, -0.15) is 5.10 Å². The van der Waals surface area contributed by atoms with Crippen LogP contribution in [0.4, 0.5) is 5.69 Å². The molecule has 152 valence electrons. The molecule has 1 fully saturated rings. The van der Waals surface area contributed by atoms with E-state index in [2.05, 4.69) is 20.4 Å². The normalized spacial score (nSPS) is 14.4. The van der Waals surface area contributed by atoms with Crippen molar-refractivity contribution in [2.24, 2.45) is 0 Å². The van der Waals surface area contributed by atoms with Crippen LogP contribution >= 0.6 is 11.8 Å². The van der Waals surface area contributed by atoms with Gasteiger partial charge in [0.05, 0.1) is 29.7 Å². The number of pyridine rings is 2. The van der Waals surface area contributed by atoms with Crippen LogP contribution in [0, 0.1) is 0 Å². The van der Waals surface area contributed by atoms with Gasteiger partial charge < -0.3 is 9.72 Å². The quantitative estimate of drug-likeness (QED) is 0.506. The summed E-state index contributed by atoms with van der Waals surface area (Å²) in [6.07, 6.45) is 14.1. The molecule has 1 aliphatic rings. The predicted octanol–water partition coefficient (Wildman–Crippen LogP) is 4.26. The van der Waals surface area contributed by atoms with Gasteiger partial charge in [-0.05, 0) is 37.1 Å². The maximum atomic E-state index is 12.9. The number of aromatic nitrogens is 5. The molecule has 4 aromatic heterocycles. The van der Waals surface area contributed by atoms with Crippen molar-refractivity contribution in [3.05, 3.63) is 72.6 Å². The molecule has 0 atom stereocenters. The van der Waals surface area contributed by atoms with Crippen LogP contribution < -0.4 is 5.32 Å². The Hall–Kier alpha value is -3.13. The number of carbonyl (C=O) groups is 1. The number of carbonyl (C=O) groups excluding carboxylic acids is 1. The summed E-state index contributed by atoms with van der Waals surface area (Å²) in [7, 11) is 0. The van der Waals surface area contributed by atoms with E-state index in [1.165, 1.54) is 25.7 Å². The van der Waals surface area contributed by atoms with Crippen molar-refractivity contribution in [2.45, 2.75) is 42.5 Å². The van der Waals surface area contributed by atoms with E-state index in [0.717, 1.165) is 16.4 Å². The number of hydrogen-bond donors (Lipinski definition) is 1. The molecule has 0 radical (unpaired) electrons. The molecule has 8 heteroatoms. The molecule has 0 spiro atoms. The first-order chi connectivity index (χ1) is 14.7. The molecule has 0 aromatic carbocycles. The molecule has 0 bridgehead atoms. The zero-order valence-corrected chi connectivity index (χ0v) is 17.3. The molecule has 0 aliphatic heterocycles. The highest BCUT2D eigenvalue weighted by molar-refractivity contribution is 7.99. The van der Waals surface area contributed by atoms with Crippen molar-refractivity contribution in [3.8, 4) is 0 Å². The fourth-order valence-electron chi connectivity index (χ4n) is 3.76. The van der Waals surface area contributed by atoms with E-state index in [9.17, 15) is 4.79 Å². The van der Waals surface area contributed by atoms with Crippen molar-refractivity contribution < 1.29 is 4.79 Å².